The molecular weight excluding hydrogens is 250 g/mol. The molecule has 5 nitrogen and oxygen atoms in total. The molecule has 1 atom stereocenters. The predicted octanol–water partition coefficient (Wildman–Crippen LogP) is 1.41. The molecule has 0 bridgehead atoms. The Morgan fingerprint density at radius 2 is 2.10 bits per heavy atom. The molecule has 0 saturated heterocycles. The summed E-state index contributed by atoms with van der Waals surface area (Å²) in [5, 5.41) is 8.10. The highest BCUT2D eigenvalue weighted by atomic mass is 15.3. The largest absolute Gasteiger partial charge is 0.323 e. The van der Waals surface area contributed by atoms with E-state index in [-0.39, 0.29) is 6.04 Å². The minimum atomic E-state index is 0.0452. The first-order valence-electron chi connectivity index (χ1n) is 7.05. The SMILES string of the molecule is Cc1ccc(C(N)CN2CCn3cnnc3C2)cc1C. The maximum Gasteiger partial charge on any atom is 0.147 e. The third kappa shape index (κ3) is 2.59. The van der Waals surface area contributed by atoms with Crippen LogP contribution < -0.4 is 5.73 Å². The van der Waals surface area contributed by atoms with Crippen LogP contribution in [0.4, 0.5) is 0 Å². The van der Waals surface area contributed by atoms with Crippen LogP contribution in [0, 0.1) is 13.8 Å². The molecule has 0 spiro atoms. The predicted molar refractivity (Wildman–Crippen MR) is 78.1 cm³/mol. The third-order valence-electron chi connectivity index (χ3n) is 4.13. The molecule has 1 unspecified atom stereocenters. The summed E-state index contributed by atoms with van der Waals surface area (Å²) < 4.78 is 2.11. The van der Waals surface area contributed by atoms with E-state index in [4.69, 9.17) is 5.73 Å². The van der Waals surface area contributed by atoms with Crippen LogP contribution in [0.25, 0.3) is 0 Å². The minimum Gasteiger partial charge on any atom is -0.323 e. The van der Waals surface area contributed by atoms with Crippen LogP contribution in [0.15, 0.2) is 24.5 Å². The van der Waals surface area contributed by atoms with Gasteiger partial charge in [-0.3, -0.25) is 4.90 Å². The van der Waals surface area contributed by atoms with Crippen molar-refractivity contribution >= 4 is 0 Å². The number of benzene rings is 1. The second-order valence-electron chi connectivity index (χ2n) is 5.63. The van der Waals surface area contributed by atoms with Gasteiger partial charge >= 0.3 is 0 Å². The van der Waals surface area contributed by atoms with E-state index in [9.17, 15) is 0 Å². The Hall–Kier alpha value is -1.72. The van der Waals surface area contributed by atoms with Crippen molar-refractivity contribution in [3.05, 3.63) is 47.0 Å². The highest BCUT2D eigenvalue weighted by molar-refractivity contribution is 5.31. The molecule has 5 heteroatoms. The average Bonchev–Trinajstić information content (AvgIpc) is 2.89. The van der Waals surface area contributed by atoms with Crippen LogP contribution in [-0.4, -0.2) is 32.8 Å². The van der Waals surface area contributed by atoms with Crippen molar-refractivity contribution in [3.8, 4) is 0 Å². The number of nitrogens with two attached hydrogens (primary N) is 1. The van der Waals surface area contributed by atoms with E-state index in [1.165, 1.54) is 16.7 Å². The molecule has 1 aliphatic heterocycles. The maximum absolute atomic E-state index is 6.36. The zero-order valence-electron chi connectivity index (χ0n) is 12.1. The summed E-state index contributed by atoms with van der Waals surface area (Å²) in [6, 6.07) is 6.53. The second kappa shape index (κ2) is 5.34. The molecule has 2 aromatic rings. The van der Waals surface area contributed by atoms with Crippen LogP contribution >= 0.6 is 0 Å². The van der Waals surface area contributed by atoms with E-state index in [0.717, 1.165) is 32.0 Å². The van der Waals surface area contributed by atoms with Gasteiger partial charge in [-0.05, 0) is 30.5 Å². The molecule has 1 aromatic heterocycles. The smallest absolute Gasteiger partial charge is 0.147 e. The zero-order chi connectivity index (χ0) is 14.1. The normalized spacial score (nSPS) is 16.9. The number of nitrogens with zero attached hydrogens (tertiary/aromatic N) is 4. The molecule has 0 radical (unpaired) electrons. The monoisotopic (exact) mass is 271 g/mol. The lowest BCUT2D eigenvalue weighted by molar-refractivity contribution is 0.205. The highest BCUT2D eigenvalue weighted by Crippen LogP contribution is 2.18. The summed E-state index contributed by atoms with van der Waals surface area (Å²) in [5.41, 5.74) is 10.2. The van der Waals surface area contributed by atoms with Gasteiger partial charge in [-0.1, -0.05) is 18.2 Å². The molecule has 0 aliphatic carbocycles. The number of fused-ring (bicyclic) bond motifs is 1. The summed E-state index contributed by atoms with van der Waals surface area (Å²) >= 11 is 0. The molecule has 2 N–H and O–H groups in total. The van der Waals surface area contributed by atoms with Gasteiger partial charge in [0, 0.05) is 25.7 Å². The lowest BCUT2D eigenvalue weighted by Crippen LogP contribution is -2.38. The molecule has 0 amide bonds. The molecule has 0 saturated carbocycles. The topological polar surface area (TPSA) is 60.0 Å². The van der Waals surface area contributed by atoms with Crippen molar-refractivity contribution in [3.63, 3.8) is 0 Å². The lowest BCUT2D eigenvalue weighted by atomic mass is 10.0. The minimum absolute atomic E-state index is 0.0452. The first-order chi connectivity index (χ1) is 9.63. The fraction of sp³-hybridized carbons (Fsp3) is 0.467. The fourth-order valence-electron chi connectivity index (χ4n) is 2.65. The van der Waals surface area contributed by atoms with E-state index in [2.05, 4.69) is 51.7 Å². The van der Waals surface area contributed by atoms with Crippen molar-refractivity contribution in [2.24, 2.45) is 5.73 Å². The number of hydrogen-bond acceptors (Lipinski definition) is 4. The molecule has 1 aromatic carbocycles. The van der Waals surface area contributed by atoms with Crippen LogP contribution in [-0.2, 0) is 13.1 Å². The third-order valence-corrected chi connectivity index (χ3v) is 4.13. The molecular formula is C15H21N5. The Balaban J connectivity index is 1.67. The Morgan fingerprint density at radius 1 is 1.25 bits per heavy atom. The number of aromatic nitrogens is 3. The van der Waals surface area contributed by atoms with Gasteiger partial charge in [0.1, 0.15) is 12.2 Å². The number of rotatable bonds is 3. The van der Waals surface area contributed by atoms with E-state index >= 15 is 0 Å². The fourth-order valence-corrected chi connectivity index (χ4v) is 2.65. The van der Waals surface area contributed by atoms with Gasteiger partial charge in [0.25, 0.3) is 0 Å². The number of aryl methyl sites for hydroxylation is 2. The van der Waals surface area contributed by atoms with Gasteiger partial charge in [-0.25, -0.2) is 0 Å². The van der Waals surface area contributed by atoms with Crippen molar-refractivity contribution in [1.29, 1.82) is 0 Å². The van der Waals surface area contributed by atoms with Gasteiger partial charge in [0.2, 0.25) is 0 Å². The molecule has 3 rings (SSSR count). The van der Waals surface area contributed by atoms with Gasteiger partial charge in [0.15, 0.2) is 0 Å². The van der Waals surface area contributed by atoms with E-state index in [1.54, 1.807) is 6.33 Å². The second-order valence-corrected chi connectivity index (χ2v) is 5.63. The van der Waals surface area contributed by atoms with Crippen LogP contribution in [0.1, 0.15) is 28.6 Å². The Kier molecular flexibility index (Phi) is 3.54. The zero-order valence-corrected chi connectivity index (χ0v) is 12.1. The highest BCUT2D eigenvalue weighted by Gasteiger charge is 2.19. The van der Waals surface area contributed by atoms with Crippen molar-refractivity contribution in [1.82, 2.24) is 19.7 Å². The van der Waals surface area contributed by atoms with Gasteiger partial charge < -0.3 is 10.3 Å². The molecule has 106 valence electrons. The summed E-state index contributed by atoms with van der Waals surface area (Å²) in [6.07, 6.45) is 1.80. The molecule has 20 heavy (non-hydrogen) atoms. The van der Waals surface area contributed by atoms with Crippen molar-refractivity contribution in [2.45, 2.75) is 33.0 Å². The molecule has 2 heterocycles. The molecule has 1 aliphatic rings. The van der Waals surface area contributed by atoms with Gasteiger partial charge in [0.05, 0.1) is 6.54 Å². The first kappa shape index (κ1) is 13.3. The van der Waals surface area contributed by atoms with Gasteiger partial charge in [-0.2, -0.15) is 0 Å². The van der Waals surface area contributed by atoms with Crippen LogP contribution in [0.2, 0.25) is 0 Å². The summed E-state index contributed by atoms with van der Waals surface area (Å²) in [5.74, 6) is 1.03. The summed E-state index contributed by atoms with van der Waals surface area (Å²) in [6.45, 7) is 7.90. The van der Waals surface area contributed by atoms with Gasteiger partial charge in [-0.15, -0.1) is 10.2 Å². The van der Waals surface area contributed by atoms with Crippen molar-refractivity contribution < 1.29 is 0 Å². The van der Waals surface area contributed by atoms with E-state index < -0.39 is 0 Å². The lowest BCUT2D eigenvalue weighted by Gasteiger charge is -2.29. The molecule has 0 fully saturated rings. The quantitative estimate of drug-likeness (QED) is 0.917. The Labute approximate surface area is 119 Å². The maximum atomic E-state index is 6.36. The summed E-state index contributed by atoms with van der Waals surface area (Å²) in [7, 11) is 0. The Bertz CT molecular complexity index is 604. The number of hydrogen-bond donors (Lipinski definition) is 1. The van der Waals surface area contributed by atoms with E-state index in [1.807, 2.05) is 0 Å². The Morgan fingerprint density at radius 3 is 2.90 bits per heavy atom. The van der Waals surface area contributed by atoms with Crippen molar-refractivity contribution in [2.75, 3.05) is 13.1 Å². The first-order valence-corrected chi connectivity index (χ1v) is 7.05. The van der Waals surface area contributed by atoms with E-state index in [0.29, 0.717) is 0 Å². The average molecular weight is 271 g/mol. The van der Waals surface area contributed by atoms with Crippen LogP contribution in [0.3, 0.4) is 0 Å². The van der Waals surface area contributed by atoms with Crippen LogP contribution in [0.5, 0.6) is 0 Å². The summed E-state index contributed by atoms with van der Waals surface area (Å²) in [4.78, 5) is 2.35. The standard InChI is InChI=1S/C15H21N5/c1-11-3-4-13(7-12(11)2)14(16)8-19-5-6-20-10-17-18-15(20)9-19/h3-4,7,10,14H,5-6,8-9,16H2,1-2H3.